The second kappa shape index (κ2) is 8.57. The average Bonchev–Trinajstić information content (AvgIpc) is 3.20. The lowest BCUT2D eigenvalue weighted by Crippen LogP contribution is -2.57. The van der Waals surface area contributed by atoms with Gasteiger partial charge in [-0.05, 0) is 72.0 Å². The average molecular weight is 571 g/mol. The number of hydrogen-bond acceptors (Lipinski definition) is 8. The Kier molecular flexibility index (Phi) is 5.85. The number of aliphatic hydroxyl groups excluding tert-OH is 2. The van der Waals surface area contributed by atoms with Crippen LogP contribution < -0.4 is 11.1 Å². The second-order valence-electron chi connectivity index (χ2n) is 13.2. The normalized spacial score (nSPS) is 36.0. The van der Waals surface area contributed by atoms with E-state index in [0.29, 0.717) is 34.7 Å². The summed E-state index contributed by atoms with van der Waals surface area (Å²) >= 11 is 6.87. The quantitative estimate of drug-likeness (QED) is 0.298. The van der Waals surface area contributed by atoms with E-state index in [1.165, 1.54) is 12.5 Å². The van der Waals surface area contributed by atoms with Crippen LogP contribution in [0.15, 0.2) is 28.7 Å². The lowest BCUT2D eigenvalue weighted by atomic mass is 9.60. The first kappa shape index (κ1) is 27.3. The lowest BCUT2D eigenvalue weighted by molar-refractivity contribution is -0.144. The van der Waals surface area contributed by atoms with Gasteiger partial charge >= 0.3 is 0 Å². The number of fused-ring (bicyclic) bond motifs is 5. The molecule has 0 saturated heterocycles. The number of benzene rings is 1. The summed E-state index contributed by atoms with van der Waals surface area (Å²) in [7, 11) is 0. The minimum Gasteiger partial charge on any atom is -0.511 e. The predicted molar refractivity (Wildman–Crippen MR) is 146 cm³/mol. The molecule has 2 saturated carbocycles. The lowest BCUT2D eigenvalue weighted by Gasteiger charge is -2.45. The van der Waals surface area contributed by atoms with Gasteiger partial charge in [-0.3, -0.25) is 14.4 Å². The van der Waals surface area contributed by atoms with Gasteiger partial charge in [0.2, 0.25) is 5.78 Å². The number of phenolic OH excluding ortho intramolecular Hbond substituents is 1. The SMILES string of the molecule is CC1(C)C2CCC1(C)[C@@H](NCc1cc(O)c3c(c1Cl)CC1C[C@H]4CC(O)=C(C(N)=O)C(=O)[C@@]4(O)C(O)=C1C3=O)C2. The molecule has 3 unspecified atom stereocenters. The monoisotopic (exact) mass is 570 g/mol. The molecule has 10 heteroatoms. The third kappa shape index (κ3) is 3.31. The van der Waals surface area contributed by atoms with Crippen molar-refractivity contribution in [3.8, 4) is 5.75 Å². The molecule has 1 aromatic carbocycles. The molecule has 0 spiro atoms. The Morgan fingerprint density at radius 3 is 2.42 bits per heavy atom. The number of rotatable bonds is 4. The summed E-state index contributed by atoms with van der Waals surface area (Å²) in [6.45, 7) is 7.43. The molecule has 1 aromatic rings. The minimum absolute atomic E-state index is 0.0688. The van der Waals surface area contributed by atoms with E-state index in [1.807, 2.05) is 0 Å². The Balaban J connectivity index is 1.34. The van der Waals surface area contributed by atoms with Gasteiger partial charge in [0.15, 0.2) is 11.4 Å². The summed E-state index contributed by atoms with van der Waals surface area (Å²) in [5.41, 5.74) is 3.11. The molecule has 214 valence electrons. The second-order valence-corrected chi connectivity index (χ2v) is 13.6. The Hall–Kier alpha value is -2.88. The molecule has 5 aliphatic carbocycles. The Morgan fingerprint density at radius 2 is 1.82 bits per heavy atom. The predicted octanol–water partition coefficient (Wildman–Crippen LogP) is 3.54. The van der Waals surface area contributed by atoms with Gasteiger partial charge in [0.25, 0.3) is 5.91 Å². The number of carbonyl (C=O) groups is 3. The molecule has 6 rings (SSSR count). The maximum absolute atomic E-state index is 13.7. The Labute approximate surface area is 237 Å². The highest BCUT2D eigenvalue weighted by atomic mass is 35.5. The summed E-state index contributed by atoms with van der Waals surface area (Å²) in [6, 6.07) is 1.76. The summed E-state index contributed by atoms with van der Waals surface area (Å²) in [4.78, 5) is 38.6. The number of aromatic hydroxyl groups is 1. The number of aliphatic hydroxyl groups is 3. The van der Waals surface area contributed by atoms with Gasteiger partial charge in [-0.1, -0.05) is 32.4 Å². The van der Waals surface area contributed by atoms with Gasteiger partial charge in [0, 0.05) is 35.5 Å². The standard InChI is InChI=1S/C30H35ClN2O7/c1-28(2)14-4-5-29(28,3)19(10-14)33-11-13-8-17(34)21-16(23(13)31)7-12-6-15-9-18(35)22(27(32)39)26(38)30(15,40)25(37)20(12)24(21)36/h8,12,14-15,19,33-35,37,40H,4-7,9-11H2,1-3H3,(H2,32,39)/t12?,14?,15-,19-,29?,30-/m0/s1. The number of amides is 1. The number of nitrogens with two attached hydrogens (primary N) is 1. The van der Waals surface area contributed by atoms with Crippen molar-refractivity contribution in [1.29, 1.82) is 0 Å². The van der Waals surface area contributed by atoms with E-state index in [9.17, 15) is 34.8 Å². The highest BCUT2D eigenvalue weighted by Crippen LogP contribution is 2.65. The molecule has 5 aliphatic rings. The molecule has 9 nitrogen and oxygen atoms in total. The van der Waals surface area contributed by atoms with Crippen LogP contribution in [0.25, 0.3) is 0 Å². The van der Waals surface area contributed by atoms with Crippen LogP contribution in [0.5, 0.6) is 5.75 Å². The van der Waals surface area contributed by atoms with Crippen molar-refractivity contribution in [2.45, 2.75) is 77.5 Å². The molecule has 0 radical (unpaired) electrons. The van der Waals surface area contributed by atoms with Crippen LogP contribution in [0.2, 0.25) is 5.02 Å². The zero-order valence-electron chi connectivity index (χ0n) is 22.8. The topological polar surface area (TPSA) is 170 Å². The van der Waals surface area contributed by atoms with E-state index in [2.05, 4.69) is 26.1 Å². The van der Waals surface area contributed by atoms with Crippen LogP contribution >= 0.6 is 11.6 Å². The Morgan fingerprint density at radius 1 is 1.12 bits per heavy atom. The van der Waals surface area contributed by atoms with Crippen LogP contribution in [0.3, 0.4) is 0 Å². The third-order valence-electron chi connectivity index (χ3n) is 11.4. The number of allylic oxidation sites excluding steroid dienone is 2. The van der Waals surface area contributed by atoms with Crippen molar-refractivity contribution in [3.63, 3.8) is 0 Å². The molecule has 2 fully saturated rings. The molecule has 40 heavy (non-hydrogen) atoms. The smallest absolute Gasteiger partial charge is 0.255 e. The first-order chi connectivity index (χ1) is 18.6. The number of Topliss-reactive ketones (excluding diaryl/α,β-unsaturated/α-hetero) is 2. The summed E-state index contributed by atoms with van der Waals surface area (Å²) in [5.74, 6) is -5.86. The fourth-order valence-electron chi connectivity index (χ4n) is 8.60. The molecule has 0 aliphatic heterocycles. The van der Waals surface area contributed by atoms with Crippen LogP contribution in [0.1, 0.15) is 74.4 Å². The van der Waals surface area contributed by atoms with Crippen molar-refractivity contribution in [3.05, 3.63) is 50.4 Å². The van der Waals surface area contributed by atoms with E-state index in [1.54, 1.807) is 0 Å². The first-order valence-electron chi connectivity index (χ1n) is 13.9. The molecule has 7 N–H and O–H groups in total. The van der Waals surface area contributed by atoms with Gasteiger partial charge in [0.05, 0.1) is 5.56 Å². The number of halogens is 1. The van der Waals surface area contributed by atoms with Crippen LogP contribution in [-0.2, 0) is 22.6 Å². The molecular formula is C30H35ClN2O7. The zero-order chi connectivity index (χ0) is 29.1. The van der Waals surface area contributed by atoms with E-state index in [0.717, 1.165) is 12.8 Å². The fourth-order valence-corrected chi connectivity index (χ4v) is 8.89. The summed E-state index contributed by atoms with van der Waals surface area (Å²) in [5, 5.41) is 47.9. The van der Waals surface area contributed by atoms with Gasteiger partial charge in [-0.2, -0.15) is 0 Å². The fraction of sp³-hybridized carbons (Fsp3) is 0.567. The number of hydrogen-bond donors (Lipinski definition) is 6. The van der Waals surface area contributed by atoms with E-state index in [4.69, 9.17) is 17.3 Å². The molecule has 2 bridgehead atoms. The van der Waals surface area contributed by atoms with Crippen molar-refractivity contribution < 1.29 is 34.8 Å². The van der Waals surface area contributed by atoms with Crippen LogP contribution in [-0.4, -0.2) is 49.5 Å². The van der Waals surface area contributed by atoms with Crippen molar-refractivity contribution >= 4 is 29.1 Å². The van der Waals surface area contributed by atoms with Crippen molar-refractivity contribution in [2.75, 3.05) is 0 Å². The highest BCUT2D eigenvalue weighted by Gasteiger charge is 2.61. The maximum atomic E-state index is 13.7. The number of primary amides is 1. The van der Waals surface area contributed by atoms with E-state index < -0.39 is 52.0 Å². The van der Waals surface area contributed by atoms with Gasteiger partial charge < -0.3 is 31.5 Å². The number of phenols is 1. The first-order valence-corrected chi connectivity index (χ1v) is 14.3. The number of nitrogens with one attached hydrogen (secondary N) is 1. The molecular weight excluding hydrogens is 536 g/mol. The van der Waals surface area contributed by atoms with Gasteiger partial charge in [-0.15, -0.1) is 0 Å². The van der Waals surface area contributed by atoms with Crippen LogP contribution in [0.4, 0.5) is 0 Å². The minimum atomic E-state index is -2.58. The molecule has 0 heterocycles. The molecule has 0 aromatic heterocycles. The van der Waals surface area contributed by atoms with Crippen molar-refractivity contribution in [1.82, 2.24) is 5.32 Å². The summed E-state index contributed by atoms with van der Waals surface area (Å²) < 4.78 is 0. The summed E-state index contributed by atoms with van der Waals surface area (Å²) in [6.07, 6.45) is 3.45. The van der Waals surface area contributed by atoms with Crippen LogP contribution in [0, 0.1) is 28.6 Å². The number of ketones is 2. The number of carbonyl (C=O) groups excluding carboxylic acids is 3. The molecule has 6 atom stereocenters. The maximum Gasteiger partial charge on any atom is 0.255 e. The Bertz CT molecular complexity index is 1460. The van der Waals surface area contributed by atoms with E-state index in [-0.39, 0.29) is 47.0 Å². The van der Waals surface area contributed by atoms with Crippen molar-refractivity contribution in [2.24, 2.45) is 34.3 Å². The zero-order valence-corrected chi connectivity index (χ0v) is 23.6. The largest absolute Gasteiger partial charge is 0.511 e. The van der Waals surface area contributed by atoms with E-state index >= 15 is 0 Å². The molecule has 1 amide bonds. The van der Waals surface area contributed by atoms with Gasteiger partial charge in [0.1, 0.15) is 22.8 Å². The van der Waals surface area contributed by atoms with Gasteiger partial charge in [-0.25, -0.2) is 0 Å². The highest BCUT2D eigenvalue weighted by molar-refractivity contribution is 6.33. The third-order valence-corrected chi connectivity index (χ3v) is 11.9.